The van der Waals surface area contributed by atoms with Crippen LogP contribution in [0.15, 0.2) is 10.6 Å². The maximum absolute atomic E-state index is 11.4. The summed E-state index contributed by atoms with van der Waals surface area (Å²) in [5.74, 6) is 2.24. The van der Waals surface area contributed by atoms with Crippen LogP contribution < -0.4 is 11.1 Å². The minimum absolute atomic E-state index is 0.0818. The molecular weight excluding hydrogens is 226 g/mol. The number of aromatic nitrogens is 1. The molecule has 90 valence electrons. The van der Waals surface area contributed by atoms with Crippen molar-refractivity contribution in [1.29, 1.82) is 0 Å². The lowest BCUT2D eigenvalue weighted by Gasteiger charge is -2.07. The quantitative estimate of drug-likeness (QED) is 0.789. The van der Waals surface area contributed by atoms with Gasteiger partial charge in [0, 0.05) is 17.9 Å². The molecule has 1 aromatic heterocycles. The van der Waals surface area contributed by atoms with Crippen molar-refractivity contribution < 1.29 is 9.32 Å². The highest BCUT2D eigenvalue weighted by molar-refractivity contribution is 8.00. The summed E-state index contributed by atoms with van der Waals surface area (Å²) < 4.78 is 4.83. The summed E-state index contributed by atoms with van der Waals surface area (Å²) in [5, 5.41) is 6.32. The highest BCUT2D eigenvalue weighted by atomic mass is 32.2. The molecule has 0 aliphatic carbocycles. The van der Waals surface area contributed by atoms with Crippen LogP contribution >= 0.6 is 11.8 Å². The number of carbonyl (C=O) groups excluding carboxylic acids is 1. The van der Waals surface area contributed by atoms with E-state index in [1.165, 1.54) is 11.8 Å². The molecular formula is C10H17N3O2S. The number of rotatable bonds is 6. The van der Waals surface area contributed by atoms with E-state index in [0.29, 0.717) is 17.3 Å². The molecule has 0 saturated carbocycles. The summed E-state index contributed by atoms with van der Waals surface area (Å²) >= 11 is 1.52. The van der Waals surface area contributed by atoms with E-state index in [-0.39, 0.29) is 11.9 Å². The number of nitrogens with zero attached hydrogens (tertiary/aromatic N) is 1. The lowest BCUT2D eigenvalue weighted by Crippen LogP contribution is -2.23. The Kier molecular flexibility index (Phi) is 5.34. The van der Waals surface area contributed by atoms with Gasteiger partial charge in [0.25, 0.3) is 0 Å². The average molecular weight is 243 g/mol. The van der Waals surface area contributed by atoms with Gasteiger partial charge >= 0.3 is 0 Å². The van der Waals surface area contributed by atoms with Gasteiger partial charge in [0.15, 0.2) is 5.82 Å². The first-order valence-electron chi connectivity index (χ1n) is 5.18. The molecule has 1 rings (SSSR count). The second-order valence-electron chi connectivity index (χ2n) is 3.55. The molecule has 6 heteroatoms. The fourth-order valence-electron chi connectivity index (χ4n) is 1.03. The molecule has 1 aromatic rings. The molecule has 0 bridgehead atoms. The van der Waals surface area contributed by atoms with E-state index in [9.17, 15) is 4.79 Å². The average Bonchev–Trinajstić information content (AvgIpc) is 2.63. The Morgan fingerprint density at radius 2 is 2.50 bits per heavy atom. The Labute approximate surface area is 99.1 Å². The first-order chi connectivity index (χ1) is 7.61. The highest BCUT2D eigenvalue weighted by Crippen LogP contribution is 2.09. The molecule has 0 aliphatic heterocycles. The Morgan fingerprint density at radius 3 is 3.06 bits per heavy atom. The third-order valence-electron chi connectivity index (χ3n) is 1.98. The second-order valence-corrected chi connectivity index (χ2v) is 4.58. The summed E-state index contributed by atoms with van der Waals surface area (Å²) in [6.45, 7) is 3.81. The Bertz CT molecular complexity index is 341. The number of thioether (sulfide) groups is 1. The van der Waals surface area contributed by atoms with Crippen LogP contribution in [0.5, 0.6) is 0 Å². The third-order valence-corrected chi connectivity index (χ3v) is 3.12. The van der Waals surface area contributed by atoms with Gasteiger partial charge in [-0.2, -0.15) is 11.8 Å². The topological polar surface area (TPSA) is 81.2 Å². The lowest BCUT2D eigenvalue weighted by atomic mass is 10.3. The Morgan fingerprint density at radius 1 is 1.75 bits per heavy atom. The van der Waals surface area contributed by atoms with Crippen molar-refractivity contribution in [3.63, 3.8) is 0 Å². The third kappa shape index (κ3) is 4.67. The van der Waals surface area contributed by atoms with Crippen LogP contribution in [-0.4, -0.2) is 28.6 Å². The Hall–Kier alpha value is -1.01. The van der Waals surface area contributed by atoms with Gasteiger partial charge in [-0.05, 0) is 13.3 Å². The number of carbonyl (C=O) groups is 1. The molecule has 16 heavy (non-hydrogen) atoms. The highest BCUT2D eigenvalue weighted by Gasteiger charge is 2.07. The molecule has 1 amide bonds. The number of anilines is 1. The van der Waals surface area contributed by atoms with Gasteiger partial charge in [-0.15, -0.1) is 0 Å². The van der Waals surface area contributed by atoms with E-state index in [0.717, 1.165) is 12.2 Å². The summed E-state index contributed by atoms with van der Waals surface area (Å²) in [5.41, 5.74) is 5.74. The van der Waals surface area contributed by atoms with Gasteiger partial charge in [-0.1, -0.05) is 12.1 Å². The molecule has 0 saturated heterocycles. The maximum atomic E-state index is 11.4. The molecule has 1 unspecified atom stereocenters. The zero-order valence-electron chi connectivity index (χ0n) is 9.53. The van der Waals surface area contributed by atoms with Crippen LogP contribution in [0.1, 0.15) is 19.1 Å². The molecule has 1 atom stereocenters. The van der Waals surface area contributed by atoms with Crippen LogP contribution in [-0.2, 0) is 4.79 Å². The first kappa shape index (κ1) is 13.1. The SMILES string of the molecule is CCC(N)CSCC(=O)Nc1cc(C)on1. The molecule has 0 spiro atoms. The number of nitrogens with one attached hydrogen (secondary N) is 1. The maximum Gasteiger partial charge on any atom is 0.235 e. The summed E-state index contributed by atoms with van der Waals surface area (Å²) in [6, 6.07) is 1.84. The van der Waals surface area contributed by atoms with Gasteiger partial charge < -0.3 is 15.6 Å². The van der Waals surface area contributed by atoms with E-state index < -0.39 is 0 Å². The molecule has 5 nitrogen and oxygen atoms in total. The monoisotopic (exact) mass is 243 g/mol. The predicted octanol–water partition coefficient (Wildman–Crippen LogP) is 1.39. The zero-order valence-corrected chi connectivity index (χ0v) is 10.3. The van der Waals surface area contributed by atoms with Crippen LogP contribution in [0, 0.1) is 6.92 Å². The van der Waals surface area contributed by atoms with Crippen molar-refractivity contribution in [2.75, 3.05) is 16.8 Å². The van der Waals surface area contributed by atoms with Gasteiger partial charge in [0.1, 0.15) is 5.76 Å². The zero-order chi connectivity index (χ0) is 12.0. The summed E-state index contributed by atoms with van der Waals surface area (Å²) in [7, 11) is 0. The van der Waals surface area contributed by atoms with Crippen molar-refractivity contribution in [3.8, 4) is 0 Å². The number of amides is 1. The van der Waals surface area contributed by atoms with Crippen LogP contribution in [0.25, 0.3) is 0 Å². The van der Waals surface area contributed by atoms with Crippen molar-refractivity contribution in [3.05, 3.63) is 11.8 Å². The molecule has 3 N–H and O–H groups in total. The summed E-state index contributed by atoms with van der Waals surface area (Å²) in [6.07, 6.45) is 0.928. The minimum atomic E-state index is -0.0818. The molecule has 0 aliphatic rings. The van der Waals surface area contributed by atoms with E-state index in [4.69, 9.17) is 10.3 Å². The minimum Gasteiger partial charge on any atom is -0.360 e. The first-order valence-corrected chi connectivity index (χ1v) is 6.33. The largest absolute Gasteiger partial charge is 0.360 e. The van der Waals surface area contributed by atoms with Crippen LogP contribution in [0.3, 0.4) is 0 Å². The molecule has 1 heterocycles. The van der Waals surface area contributed by atoms with E-state index in [1.54, 1.807) is 13.0 Å². The fraction of sp³-hybridized carbons (Fsp3) is 0.600. The van der Waals surface area contributed by atoms with E-state index >= 15 is 0 Å². The summed E-state index contributed by atoms with van der Waals surface area (Å²) in [4.78, 5) is 11.4. The number of hydrogen-bond acceptors (Lipinski definition) is 5. The lowest BCUT2D eigenvalue weighted by molar-refractivity contribution is -0.113. The molecule has 0 fully saturated rings. The normalized spacial score (nSPS) is 12.4. The van der Waals surface area contributed by atoms with E-state index in [1.807, 2.05) is 6.92 Å². The molecule has 0 aromatic carbocycles. The fourth-order valence-corrected chi connectivity index (χ4v) is 1.94. The van der Waals surface area contributed by atoms with Crippen LogP contribution in [0.4, 0.5) is 5.82 Å². The second kappa shape index (κ2) is 6.55. The van der Waals surface area contributed by atoms with Gasteiger partial charge in [0.05, 0.1) is 5.75 Å². The van der Waals surface area contributed by atoms with Crippen molar-refractivity contribution >= 4 is 23.5 Å². The van der Waals surface area contributed by atoms with Gasteiger partial charge in [-0.25, -0.2) is 0 Å². The van der Waals surface area contributed by atoms with Crippen molar-refractivity contribution in [1.82, 2.24) is 5.16 Å². The predicted molar refractivity (Wildman–Crippen MR) is 65.5 cm³/mol. The van der Waals surface area contributed by atoms with Gasteiger partial charge in [0.2, 0.25) is 5.91 Å². The smallest absolute Gasteiger partial charge is 0.235 e. The van der Waals surface area contributed by atoms with Gasteiger partial charge in [-0.3, -0.25) is 4.79 Å². The number of hydrogen-bond donors (Lipinski definition) is 2. The molecule has 0 radical (unpaired) electrons. The Balaban J connectivity index is 2.21. The van der Waals surface area contributed by atoms with Crippen molar-refractivity contribution in [2.24, 2.45) is 5.73 Å². The van der Waals surface area contributed by atoms with Crippen molar-refractivity contribution in [2.45, 2.75) is 26.3 Å². The number of nitrogens with two attached hydrogens (primary N) is 1. The van der Waals surface area contributed by atoms with Crippen LogP contribution in [0.2, 0.25) is 0 Å². The standard InChI is InChI=1S/C10H17N3O2S/c1-3-8(11)5-16-6-10(14)12-9-4-7(2)15-13-9/h4,8H,3,5-6,11H2,1-2H3,(H,12,13,14). The van der Waals surface area contributed by atoms with E-state index in [2.05, 4.69) is 10.5 Å². The number of aryl methyl sites for hydroxylation is 1.